The summed E-state index contributed by atoms with van der Waals surface area (Å²) in [6.07, 6.45) is 0. The average molecular weight is 746 g/mol. The predicted molar refractivity (Wildman–Crippen MR) is 232 cm³/mol. The second-order valence-corrected chi connectivity index (χ2v) is 15.8. The second-order valence-electron chi connectivity index (χ2n) is 14.7. The van der Waals surface area contributed by atoms with Crippen LogP contribution in [0.2, 0.25) is 0 Å². The summed E-state index contributed by atoms with van der Waals surface area (Å²) in [7, 11) is 0. The van der Waals surface area contributed by atoms with Gasteiger partial charge in [-0.05, 0) is 69.8 Å². The Morgan fingerprint density at radius 1 is 0.351 bits per heavy atom. The van der Waals surface area contributed by atoms with Gasteiger partial charge in [-0.2, -0.15) is 0 Å². The molecule has 1 aliphatic carbocycles. The fraction of sp³-hybridized carbons (Fsp3) is 0.0192. The van der Waals surface area contributed by atoms with Crippen molar-refractivity contribution in [2.24, 2.45) is 0 Å². The Morgan fingerprint density at radius 2 is 0.842 bits per heavy atom. The number of nitrogens with zero attached hydrogens (tertiary/aromatic N) is 3. The first-order valence-electron chi connectivity index (χ1n) is 19.2. The SMILES string of the molecule is c1ccc(-c2ccc(-c3nc(-c4ccccc4)nc(-c4ccc5sc6cc7c(cc6c5c4)C4(c5ccccc5O7)c5ccccc5-c5ccccc54)n3)cc2)cc1. The fourth-order valence-corrected chi connectivity index (χ4v) is 10.2. The molecule has 3 heterocycles. The number of aromatic nitrogens is 3. The van der Waals surface area contributed by atoms with Crippen molar-refractivity contribution >= 4 is 31.5 Å². The van der Waals surface area contributed by atoms with E-state index in [9.17, 15) is 0 Å². The molecule has 0 atom stereocenters. The molecule has 0 radical (unpaired) electrons. The molecule has 1 spiro atoms. The summed E-state index contributed by atoms with van der Waals surface area (Å²) < 4.78 is 9.19. The zero-order chi connectivity index (χ0) is 37.5. The van der Waals surface area contributed by atoms with E-state index in [-0.39, 0.29) is 0 Å². The molecule has 0 fully saturated rings. The second kappa shape index (κ2) is 12.4. The zero-order valence-corrected chi connectivity index (χ0v) is 31.4. The highest BCUT2D eigenvalue weighted by Crippen LogP contribution is 2.62. The first kappa shape index (κ1) is 32.1. The molecule has 0 saturated carbocycles. The minimum absolute atomic E-state index is 0.527. The predicted octanol–water partition coefficient (Wildman–Crippen LogP) is 13.4. The van der Waals surface area contributed by atoms with Gasteiger partial charge in [-0.25, -0.2) is 15.0 Å². The molecular formula is C52H31N3OS. The van der Waals surface area contributed by atoms with Gasteiger partial charge in [0, 0.05) is 48.0 Å². The Labute approximate surface area is 333 Å². The summed E-state index contributed by atoms with van der Waals surface area (Å²) in [6, 6.07) is 66.6. The number of ether oxygens (including phenoxy) is 1. The molecule has 12 rings (SSSR count). The van der Waals surface area contributed by atoms with Gasteiger partial charge in [-0.1, -0.05) is 152 Å². The third-order valence-corrected chi connectivity index (χ3v) is 12.7. The van der Waals surface area contributed by atoms with E-state index in [0.717, 1.165) is 44.9 Å². The smallest absolute Gasteiger partial charge is 0.164 e. The Kier molecular flexibility index (Phi) is 6.98. The summed E-state index contributed by atoms with van der Waals surface area (Å²) in [5, 5.41) is 2.35. The Morgan fingerprint density at radius 3 is 1.53 bits per heavy atom. The van der Waals surface area contributed by atoms with Gasteiger partial charge in [0.15, 0.2) is 17.5 Å². The number of hydrogen-bond acceptors (Lipinski definition) is 5. The molecule has 2 aliphatic rings. The number of benzene rings is 8. The number of fused-ring (bicyclic) bond motifs is 12. The number of para-hydroxylation sites is 1. The lowest BCUT2D eigenvalue weighted by Gasteiger charge is -2.39. The van der Waals surface area contributed by atoms with Crippen molar-refractivity contribution in [3.63, 3.8) is 0 Å². The average Bonchev–Trinajstić information content (AvgIpc) is 3.79. The van der Waals surface area contributed by atoms with Crippen molar-refractivity contribution in [1.82, 2.24) is 15.0 Å². The van der Waals surface area contributed by atoms with Crippen LogP contribution in [0.25, 0.3) is 76.6 Å². The van der Waals surface area contributed by atoms with Crippen molar-refractivity contribution in [3.8, 4) is 67.9 Å². The molecule has 0 bridgehead atoms. The Bertz CT molecular complexity index is 3160. The molecule has 0 unspecified atom stereocenters. The lowest BCUT2D eigenvalue weighted by molar-refractivity contribution is 0.437. The number of thiophene rings is 1. The van der Waals surface area contributed by atoms with Gasteiger partial charge in [-0.15, -0.1) is 11.3 Å². The van der Waals surface area contributed by atoms with Crippen molar-refractivity contribution in [1.29, 1.82) is 0 Å². The number of rotatable bonds is 4. The maximum atomic E-state index is 6.81. The van der Waals surface area contributed by atoms with Crippen molar-refractivity contribution in [3.05, 3.63) is 210 Å². The van der Waals surface area contributed by atoms with Crippen LogP contribution < -0.4 is 4.74 Å². The molecule has 1 aliphatic heterocycles. The molecule has 0 amide bonds. The largest absolute Gasteiger partial charge is 0.457 e. The van der Waals surface area contributed by atoms with Crippen LogP contribution in [0.4, 0.5) is 0 Å². The maximum absolute atomic E-state index is 6.81. The van der Waals surface area contributed by atoms with Crippen LogP contribution in [0.15, 0.2) is 188 Å². The van der Waals surface area contributed by atoms with E-state index >= 15 is 0 Å². The van der Waals surface area contributed by atoms with Gasteiger partial charge in [0.05, 0.1) is 5.41 Å². The van der Waals surface area contributed by atoms with E-state index in [0.29, 0.717) is 17.5 Å². The van der Waals surface area contributed by atoms with E-state index in [1.165, 1.54) is 48.0 Å². The fourth-order valence-electron chi connectivity index (χ4n) is 9.06. The van der Waals surface area contributed by atoms with E-state index < -0.39 is 5.41 Å². The van der Waals surface area contributed by atoms with E-state index in [1.807, 2.05) is 24.3 Å². The van der Waals surface area contributed by atoms with Crippen LogP contribution in [0.5, 0.6) is 11.5 Å². The Hall–Kier alpha value is -7.21. The highest BCUT2D eigenvalue weighted by molar-refractivity contribution is 7.25. The third kappa shape index (κ3) is 4.82. The maximum Gasteiger partial charge on any atom is 0.164 e. The first-order valence-corrected chi connectivity index (χ1v) is 20.0. The quantitative estimate of drug-likeness (QED) is 0.180. The van der Waals surface area contributed by atoms with Gasteiger partial charge in [0.2, 0.25) is 0 Å². The monoisotopic (exact) mass is 745 g/mol. The molecule has 0 N–H and O–H groups in total. The van der Waals surface area contributed by atoms with Crippen LogP contribution in [0, 0.1) is 0 Å². The highest BCUT2D eigenvalue weighted by Gasteiger charge is 2.51. The highest BCUT2D eigenvalue weighted by atomic mass is 32.1. The molecule has 266 valence electrons. The van der Waals surface area contributed by atoms with E-state index in [4.69, 9.17) is 19.7 Å². The minimum Gasteiger partial charge on any atom is -0.457 e. The van der Waals surface area contributed by atoms with Gasteiger partial charge in [0.25, 0.3) is 0 Å². The lowest BCUT2D eigenvalue weighted by atomic mass is 9.66. The van der Waals surface area contributed by atoms with E-state index in [1.54, 1.807) is 11.3 Å². The van der Waals surface area contributed by atoms with Crippen molar-refractivity contribution in [2.45, 2.75) is 5.41 Å². The van der Waals surface area contributed by atoms with Gasteiger partial charge in [-0.3, -0.25) is 0 Å². The molecule has 4 nitrogen and oxygen atoms in total. The topological polar surface area (TPSA) is 47.9 Å². The summed E-state index contributed by atoms with van der Waals surface area (Å²) in [6.45, 7) is 0. The lowest BCUT2D eigenvalue weighted by Crippen LogP contribution is -2.32. The zero-order valence-electron chi connectivity index (χ0n) is 30.6. The molecule has 57 heavy (non-hydrogen) atoms. The molecule has 2 aromatic heterocycles. The van der Waals surface area contributed by atoms with Crippen LogP contribution in [-0.2, 0) is 5.41 Å². The van der Waals surface area contributed by atoms with Gasteiger partial charge < -0.3 is 4.74 Å². The molecule has 10 aromatic rings. The normalized spacial score (nSPS) is 13.2. The van der Waals surface area contributed by atoms with Crippen molar-refractivity contribution < 1.29 is 4.74 Å². The van der Waals surface area contributed by atoms with E-state index in [2.05, 4.69) is 164 Å². The van der Waals surface area contributed by atoms with Crippen LogP contribution in [-0.4, -0.2) is 15.0 Å². The summed E-state index contributed by atoms with van der Waals surface area (Å²) in [4.78, 5) is 15.3. The molecule has 5 heteroatoms. The first-order chi connectivity index (χ1) is 28.2. The third-order valence-electron chi connectivity index (χ3n) is 11.6. The van der Waals surface area contributed by atoms with Crippen LogP contribution in [0.3, 0.4) is 0 Å². The van der Waals surface area contributed by atoms with Crippen molar-refractivity contribution in [2.75, 3.05) is 0 Å². The van der Waals surface area contributed by atoms with Gasteiger partial charge in [0.1, 0.15) is 11.5 Å². The molecule has 8 aromatic carbocycles. The van der Waals surface area contributed by atoms with Gasteiger partial charge >= 0.3 is 0 Å². The standard InChI is InChI=1S/C52H31N3OS/c1-3-13-32(14-4-1)33-23-25-35(26-24-33)50-53-49(34-15-5-2-6-16-34)54-51(55-50)36-27-28-47-39(29-36)40-30-44-46(31-48(40)57-47)56-45-22-12-11-21-43(45)52(44)41-19-9-7-17-37(41)38-18-8-10-20-42(38)52/h1-31H. The van der Waals surface area contributed by atoms with Crippen LogP contribution in [0.1, 0.15) is 22.3 Å². The number of hydrogen-bond donors (Lipinski definition) is 0. The summed E-state index contributed by atoms with van der Waals surface area (Å²) >= 11 is 1.79. The van der Waals surface area contributed by atoms with Crippen LogP contribution >= 0.6 is 11.3 Å². The summed E-state index contributed by atoms with van der Waals surface area (Å²) in [5.74, 6) is 3.71. The molecule has 0 saturated heterocycles. The molecular weight excluding hydrogens is 715 g/mol. The Balaban J connectivity index is 1.05. The minimum atomic E-state index is -0.527. The summed E-state index contributed by atoms with van der Waals surface area (Å²) in [5.41, 5.74) is 12.0.